The maximum Gasteiger partial charge on any atom is 0.347 e. The van der Waals surface area contributed by atoms with Crippen LogP contribution in [0.15, 0.2) is 71.7 Å². The SMILES string of the molecule is CC(C)(C)c1cn2c(=O)[nH]nc2c(NCCC(c2ccccc2)c2ccccc2)n1. The monoisotopic (exact) mass is 401 g/mol. The summed E-state index contributed by atoms with van der Waals surface area (Å²) < 4.78 is 1.53. The largest absolute Gasteiger partial charge is 0.367 e. The highest BCUT2D eigenvalue weighted by Gasteiger charge is 2.20. The second-order valence-electron chi connectivity index (χ2n) is 8.54. The number of H-pyrrole nitrogens is 1. The van der Waals surface area contributed by atoms with E-state index in [0.717, 1.165) is 12.1 Å². The Bertz CT molecular complexity index is 1130. The highest BCUT2D eigenvalue weighted by atomic mass is 16.1. The number of anilines is 1. The molecule has 4 aromatic rings. The van der Waals surface area contributed by atoms with Crippen molar-refractivity contribution in [3.05, 3.63) is 94.2 Å². The zero-order valence-corrected chi connectivity index (χ0v) is 17.6. The molecule has 0 atom stereocenters. The lowest BCUT2D eigenvalue weighted by molar-refractivity contribution is 0.564. The van der Waals surface area contributed by atoms with Gasteiger partial charge in [-0.25, -0.2) is 19.3 Å². The molecule has 6 nitrogen and oxygen atoms in total. The van der Waals surface area contributed by atoms with Crippen LogP contribution in [0.5, 0.6) is 0 Å². The fourth-order valence-electron chi connectivity index (χ4n) is 3.62. The molecule has 154 valence electrons. The van der Waals surface area contributed by atoms with Crippen molar-refractivity contribution in [1.82, 2.24) is 19.6 Å². The number of benzene rings is 2. The summed E-state index contributed by atoms with van der Waals surface area (Å²) in [5, 5.41) is 10.1. The normalized spacial score (nSPS) is 11.9. The van der Waals surface area contributed by atoms with Gasteiger partial charge in [-0.1, -0.05) is 81.4 Å². The summed E-state index contributed by atoms with van der Waals surface area (Å²) in [7, 11) is 0. The summed E-state index contributed by atoms with van der Waals surface area (Å²) in [4.78, 5) is 16.9. The summed E-state index contributed by atoms with van der Waals surface area (Å²) in [5.41, 5.74) is 3.48. The lowest BCUT2D eigenvalue weighted by atomic mass is 9.88. The second kappa shape index (κ2) is 8.14. The van der Waals surface area contributed by atoms with Crippen LogP contribution in [0.2, 0.25) is 0 Å². The van der Waals surface area contributed by atoms with Crippen LogP contribution in [0, 0.1) is 0 Å². The van der Waals surface area contributed by atoms with Crippen molar-refractivity contribution in [3.8, 4) is 0 Å². The van der Waals surface area contributed by atoms with Crippen molar-refractivity contribution < 1.29 is 0 Å². The van der Waals surface area contributed by atoms with Gasteiger partial charge in [0.1, 0.15) is 0 Å². The third-order valence-electron chi connectivity index (χ3n) is 5.30. The number of hydrogen-bond acceptors (Lipinski definition) is 4. The predicted molar refractivity (Wildman–Crippen MR) is 120 cm³/mol. The van der Waals surface area contributed by atoms with Crippen molar-refractivity contribution >= 4 is 11.5 Å². The molecule has 6 heteroatoms. The van der Waals surface area contributed by atoms with E-state index in [-0.39, 0.29) is 17.0 Å². The number of rotatable bonds is 6. The third kappa shape index (κ3) is 4.13. The van der Waals surface area contributed by atoms with Crippen LogP contribution < -0.4 is 11.0 Å². The molecule has 0 aliphatic rings. The summed E-state index contributed by atoms with van der Waals surface area (Å²) in [5.74, 6) is 0.892. The molecule has 0 bridgehead atoms. The van der Waals surface area contributed by atoms with Crippen molar-refractivity contribution in [3.63, 3.8) is 0 Å². The number of aromatic amines is 1. The number of nitrogens with zero attached hydrogens (tertiary/aromatic N) is 3. The van der Waals surface area contributed by atoms with Crippen LogP contribution in [-0.2, 0) is 5.41 Å². The lowest BCUT2D eigenvalue weighted by Crippen LogP contribution is -2.20. The smallest absolute Gasteiger partial charge is 0.347 e. The lowest BCUT2D eigenvalue weighted by Gasteiger charge is -2.21. The molecule has 0 fully saturated rings. The molecule has 0 radical (unpaired) electrons. The Morgan fingerprint density at radius 2 is 1.60 bits per heavy atom. The van der Waals surface area contributed by atoms with E-state index in [1.807, 2.05) is 12.1 Å². The summed E-state index contributed by atoms with van der Waals surface area (Å²) in [6.45, 7) is 6.94. The van der Waals surface area contributed by atoms with Crippen molar-refractivity contribution in [2.45, 2.75) is 38.5 Å². The molecule has 4 rings (SSSR count). The van der Waals surface area contributed by atoms with Crippen LogP contribution in [-0.4, -0.2) is 26.1 Å². The molecule has 0 aliphatic heterocycles. The molecule has 0 unspecified atom stereocenters. The van der Waals surface area contributed by atoms with Crippen molar-refractivity contribution in [2.24, 2.45) is 0 Å². The maximum absolute atomic E-state index is 12.2. The van der Waals surface area contributed by atoms with E-state index in [0.29, 0.717) is 18.0 Å². The van der Waals surface area contributed by atoms with E-state index in [1.165, 1.54) is 15.5 Å². The molecule has 0 saturated heterocycles. The first kappa shape index (κ1) is 19.9. The van der Waals surface area contributed by atoms with Crippen LogP contribution in [0.25, 0.3) is 5.65 Å². The second-order valence-corrected chi connectivity index (χ2v) is 8.54. The molecule has 0 saturated carbocycles. The zero-order valence-electron chi connectivity index (χ0n) is 17.6. The topological polar surface area (TPSA) is 75.1 Å². The highest BCUT2D eigenvalue weighted by Crippen LogP contribution is 2.28. The highest BCUT2D eigenvalue weighted by molar-refractivity contribution is 5.62. The van der Waals surface area contributed by atoms with Gasteiger partial charge < -0.3 is 5.32 Å². The molecule has 0 aliphatic carbocycles. The molecule has 2 heterocycles. The number of hydrogen-bond donors (Lipinski definition) is 2. The van der Waals surface area contributed by atoms with Crippen LogP contribution in [0.3, 0.4) is 0 Å². The van der Waals surface area contributed by atoms with Gasteiger partial charge in [0.15, 0.2) is 5.82 Å². The Balaban J connectivity index is 1.61. The third-order valence-corrected chi connectivity index (χ3v) is 5.30. The van der Waals surface area contributed by atoms with Gasteiger partial charge in [-0.05, 0) is 17.5 Å². The van der Waals surface area contributed by atoms with Gasteiger partial charge in [0.2, 0.25) is 5.65 Å². The minimum atomic E-state index is -0.257. The molecule has 2 aromatic carbocycles. The zero-order chi connectivity index (χ0) is 21.1. The van der Waals surface area contributed by atoms with Gasteiger partial charge in [-0.15, -0.1) is 5.10 Å². The molecular weight excluding hydrogens is 374 g/mol. The van der Waals surface area contributed by atoms with Gasteiger partial charge in [0, 0.05) is 24.1 Å². The molecule has 0 amide bonds. The molecular formula is C24H27N5O. The average molecular weight is 402 g/mol. The van der Waals surface area contributed by atoms with Crippen LogP contribution in [0.4, 0.5) is 5.82 Å². The first-order valence-corrected chi connectivity index (χ1v) is 10.3. The molecule has 2 N–H and O–H groups in total. The van der Waals surface area contributed by atoms with Crippen LogP contribution >= 0.6 is 0 Å². The summed E-state index contributed by atoms with van der Waals surface area (Å²) in [6, 6.07) is 21.1. The quantitative estimate of drug-likeness (QED) is 0.504. The predicted octanol–water partition coefficient (Wildman–Crippen LogP) is 4.35. The molecule has 0 spiro atoms. The Morgan fingerprint density at radius 1 is 1.00 bits per heavy atom. The Labute approximate surface area is 176 Å². The number of fused-ring (bicyclic) bond motifs is 1. The van der Waals surface area contributed by atoms with Gasteiger partial charge in [0.25, 0.3) is 0 Å². The van der Waals surface area contributed by atoms with E-state index in [4.69, 9.17) is 4.98 Å². The summed E-state index contributed by atoms with van der Waals surface area (Å²) in [6.07, 6.45) is 2.65. The van der Waals surface area contributed by atoms with Crippen molar-refractivity contribution in [2.75, 3.05) is 11.9 Å². The van der Waals surface area contributed by atoms with Gasteiger partial charge in [-0.2, -0.15) is 0 Å². The first-order chi connectivity index (χ1) is 14.4. The maximum atomic E-state index is 12.2. The van der Waals surface area contributed by atoms with E-state index >= 15 is 0 Å². The molecule has 2 aromatic heterocycles. The van der Waals surface area contributed by atoms with E-state index in [9.17, 15) is 4.79 Å². The van der Waals surface area contributed by atoms with Gasteiger partial charge >= 0.3 is 5.69 Å². The van der Waals surface area contributed by atoms with Gasteiger partial charge in [-0.3, -0.25) is 0 Å². The Morgan fingerprint density at radius 3 is 2.17 bits per heavy atom. The van der Waals surface area contributed by atoms with E-state index in [2.05, 4.69) is 84.8 Å². The van der Waals surface area contributed by atoms with Crippen molar-refractivity contribution in [1.29, 1.82) is 0 Å². The fourth-order valence-corrected chi connectivity index (χ4v) is 3.62. The minimum absolute atomic E-state index is 0.183. The number of nitrogens with one attached hydrogen (secondary N) is 2. The average Bonchev–Trinajstić information content (AvgIpc) is 3.13. The Kier molecular flexibility index (Phi) is 5.40. The number of aromatic nitrogens is 4. The van der Waals surface area contributed by atoms with E-state index < -0.39 is 0 Å². The van der Waals surface area contributed by atoms with E-state index in [1.54, 1.807) is 6.20 Å². The first-order valence-electron chi connectivity index (χ1n) is 10.3. The fraction of sp³-hybridized carbons (Fsp3) is 0.292. The van der Waals surface area contributed by atoms with Crippen LogP contribution in [0.1, 0.15) is 49.9 Å². The minimum Gasteiger partial charge on any atom is -0.367 e. The molecule has 30 heavy (non-hydrogen) atoms. The standard InChI is InChI=1S/C24H27N5O/c1-24(2,3)20-16-29-22(27-28-23(29)30)21(26-20)25-15-14-19(17-10-6-4-7-11-17)18-12-8-5-9-13-18/h4-13,16,19H,14-15H2,1-3H3,(H,25,26)(H,28,30). The van der Waals surface area contributed by atoms with Gasteiger partial charge in [0.05, 0.1) is 5.69 Å². The summed E-state index contributed by atoms with van der Waals surface area (Å²) >= 11 is 0. The Hall–Kier alpha value is -3.41.